The summed E-state index contributed by atoms with van der Waals surface area (Å²) in [6.45, 7) is 7.65. The normalized spacial score (nSPS) is 18.9. The number of hydrogen-bond donors (Lipinski definition) is 2. The predicted octanol–water partition coefficient (Wildman–Crippen LogP) is 3.03. The van der Waals surface area contributed by atoms with E-state index in [0.29, 0.717) is 12.1 Å². The van der Waals surface area contributed by atoms with E-state index in [1.54, 1.807) is 0 Å². The molecule has 1 unspecified atom stereocenters. The van der Waals surface area contributed by atoms with Gasteiger partial charge in [0.2, 0.25) is 5.91 Å². The van der Waals surface area contributed by atoms with Crippen molar-refractivity contribution in [2.45, 2.75) is 39.5 Å². The number of amides is 1. The largest absolute Gasteiger partial charge is 0.399 e. The quantitative estimate of drug-likeness (QED) is 0.791. The molecule has 1 aliphatic rings. The molecule has 1 fully saturated rings. The van der Waals surface area contributed by atoms with Crippen LogP contribution in [0.5, 0.6) is 0 Å². The van der Waals surface area contributed by atoms with Gasteiger partial charge in [-0.1, -0.05) is 19.4 Å². The second-order valence-corrected chi connectivity index (χ2v) is 6.09. The molecule has 1 heterocycles. The first-order valence-corrected chi connectivity index (χ1v) is 7.96. The molecule has 0 radical (unpaired) electrons. The van der Waals surface area contributed by atoms with E-state index in [4.69, 9.17) is 5.73 Å². The van der Waals surface area contributed by atoms with Gasteiger partial charge >= 0.3 is 0 Å². The molecular formula is C17H27N3O. The van der Waals surface area contributed by atoms with Crippen LogP contribution >= 0.6 is 0 Å². The summed E-state index contributed by atoms with van der Waals surface area (Å²) in [5.74, 6) is 0.934. The molecule has 1 aromatic carbocycles. The molecule has 0 aliphatic carbocycles. The van der Waals surface area contributed by atoms with Crippen molar-refractivity contribution >= 4 is 17.3 Å². The minimum Gasteiger partial charge on any atom is -0.399 e. The topological polar surface area (TPSA) is 58.4 Å². The number of hydrogen-bond acceptors (Lipinski definition) is 3. The Morgan fingerprint density at radius 3 is 3.00 bits per heavy atom. The Morgan fingerprint density at radius 2 is 2.29 bits per heavy atom. The van der Waals surface area contributed by atoms with Gasteiger partial charge < -0.3 is 16.0 Å². The SMILES string of the molecule is CCC1CCN(CCCC(=O)Nc2cc(N)ccc2C)C1. The molecule has 0 saturated carbocycles. The zero-order valence-corrected chi connectivity index (χ0v) is 13.2. The van der Waals surface area contributed by atoms with E-state index in [9.17, 15) is 4.79 Å². The molecule has 1 saturated heterocycles. The van der Waals surface area contributed by atoms with Crippen molar-refractivity contribution in [3.05, 3.63) is 23.8 Å². The highest BCUT2D eigenvalue weighted by molar-refractivity contribution is 5.91. The number of nitrogen functional groups attached to an aromatic ring is 1. The maximum atomic E-state index is 12.0. The fourth-order valence-corrected chi connectivity index (χ4v) is 2.90. The van der Waals surface area contributed by atoms with Crippen molar-refractivity contribution in [3.8, 4) is 0 Å². The minimum absolute atomic E-state index is 0.0786. The molecular weight excluding hydrogens is 262 g/mol. The van der Waals surface area contributed by atoms with Gasteiger partial charge in [0.1, 0.15) is 0 Å². The van der Waals surface area contributed by atoms with Gasteiger partial charge in [-0.25, -0.2) is 0 Å². The number of likely N-dealkylation sites (tertiary alicyclic amines) is 1. The number of carbonyl (C=O) groups excluding carboxylic acids is 1. The van der Waals surface area contributed by atoms with E-state index in [1.165, 1.54) is 25.9 Å². The Bertz CT molecular complexity index is 487. The van der Waals surface area contributed by atoms with Crippen molar-refractivity contribution in [2.75, 3.05) is 30.7 Å². The van der Waals surface area contributed by atoms with Crippen molar-refractivity contribution < 1.29 is 4.79 Å². The standard InChI is InChI=1S/C17H27N3O/c1-3-14-8-10-20(12-14)9-4-5-17(21)19-16-11-15(18)7-6-13(16)2/h6-7,11,14H,3-5,8-10,12,18H2,1-2H3,(H,19,21). The monoisotopic (exact) mass is 289 g/mol. The van der Waals surface area contributed by atoms with Gasteiger partial charge in [0.25, 0.3) is 0 Å². The summed E-state index contributed by atoms with van der Waals surface area (Å²) in [5.41, 5.74) is 8.30. The zero-order chi connectivity index (χ0) is 15.2. The summed E-state index contributed by atoms with van der Waals surface area (Å²) in [4.78, 5) is 14.5. The fourth-order valence-electron chi connectivity index (χ4n) is 2.90. The van der Waals surface area contributed by atoms with Crippen LogP contribution in [-0.4, -0.2) is 30.4 Å². The van der Waals surface area contributed by atoms with E-state index in [-0.39, 0.29) is 5.91 Å². The Balaban J connectivity index is 1.71. The molecule has 1 amide bonds. The first-order chi connectivity index (χ1) is 10.1. The third-order valence-corrected chi connectivity index (χ3v) is 4.36. The van der Waals surface area contributed by atoms with E-state index in [1.807, 2.05) is 25.1 Å². The molecule has 4 nitrogen and oxygen atoms in total. The summed E-state index contributed by atoms with van der Waals surface area (Å²) in [7, 11) is 0. The number of carbonyl (C=O) groups is 1. The molecule has 116 valence electrons. The van der Waals surface area contributed by atoms with Gasteiger partial charge in [-0.3, -0.25) is 4.79 Å². The highest BCUT2D eigenvalue weighted by Gasteiger charge is 2.20. The molecule has 3 N–H and O–H groups in total. The average molecular weight is 289 g/mol. The second kappa shape index (κ2) is 7.46. The van der Waals surface area contributed by atoms with Gasteiger partial charge in [-0.2, -0.15) is 0 Å². The molecule has 2 rings (SSSR count). The number of benzene rings is 1. The lowest BCUT2D eigenvalue weighted by Gasteiger charge is -2.15. The Kier molecular flexibility index (Phi) is 5.62. The number of anilines is 2. The third kappa shape index (κ3) is 4.74. The molecule has 21 heavy (non-hydrogen) atoms. The lowest BCUT2D eigenvalue weighted by atomic mass is 10.1. The van der Waals surface area contributed by atoms with Crippen molar-refractivity contribution in [2.24, 2.45) is 5.92 Å². The predicted molar refractivity (Wildman–Crippen MR) is 88.3 cm³/mol. The molecule has 1 aromatic rings. The van der Waals surface area contributed by atoms with Crippen LogP contribution in [0.3, 0.4) is 0 Å². The summed E-state index contributed by atoms with van der Waals surface area (Å²) >= 11 is 0. The van der Waals surface area contributed by atoms with Gasteiger partial charge in [0.15, 0.2) is 0 Å². The number of rotatable bonds is 6. The number of nitrogens with one attached hydrogen (secondary N) is 1. The second-order valence-electron chi connectivity index (χ2n) is 6.09. The van der Waals surface area contributed by atoms with Crippen LogP contribution in [0.4, 0.5) is 11.4 Å². The molecule has 0 spiro atoms. The van der Waals surface area contributed by atoms with Crippen molar-refractivity contribution in [1.29, 1.82) is 0 Å². The van der Waals surface area contributed by atoms with Crippen molar-refractivity contribution in [1.82, 2.24) is 4.90 Å². The molecule has 4 heteroatoms. The van der Waals surface area contributed by atoms with Crippen LogP contribution in [0.25, 0.3) is 0 Å². The molecule has 1 aliphatic heterocycles. The van der Waals surface area contributed by atoms with Gasteiger partial charge in [0, 0.05) is 24.3 Å². The highest BCUT2D eigenvalue weighted by atomic mass is 16.1. The summed E-state index contributed by atoms with van der Waals surface area (Å²) in [6, 6.07) is 5.60. The van der Waals surface area contributed by atoms with Gasteiger partial charge in [0.05, 0.1) is 0 Å². The lowest BCUT2D eigenvalue weighted by molar-refractivity contribution is -0.116. The van der Waals surface area contributed by atoms with E-state index in [0.717, 1.165) is 30.1 Å². The molecule has 0 aromatic heterocycles. The summed E-state index contributed by atoms with van der Waals surface area (Å²) in [5, 5.41) is 2.96. The molecule has 0 bridgehead atoms. The number of nitrogens with zero attached hydrogens (tertiary/aromatic N) is 1. The fraction of sp³-hybridized carbons (Fsp3) is 0.588. The zero-order valence-electron chi connectivity index (χ0n) is 13.2. The number of nitrogens with two attached hydrogens (primary N) is 1. The smallest absolute Gasteiger partial charge is 0.224 e. The Morgan fingerprint density at radius 1 is 1.48 bits per heavy atom. The van der Waals surface area contributed by atoms with Crippen LogP contribution < -0.4 is 11.1 Å². The maximum absolute atomic E-state index is 12.0. The maximum Gasteiger partial charge on any atom is 0.224 e. The van der Waals surface area contributed by atoms with E-state index in [2.05, 4.69) is 17.1 Å². The first-order valence-electron chi connectivity index (χ1n) is 7.96. The van der Waals surface area contributed by atoms with Crippen molar-refractivity contribution in [3.63, 3.8) is 0 Å². The van der Waals surface area contributed by atoms with Crippen LogP contribution in [0.15, 0.2) is 18.2 Å². The van der Waals surface area contributed by atoms with Gasteiger partial charge in [-0.05, 0) is 56.5 Å². The van der Waals surface area contributed by atoms with Gasteiger partial charge in [-0.15, -0.1) is 0 Å². The lowest BCUT2D eigenvalue weighted by Crippen LogP contribution is -2.23. The van der Waals surface area contributed by atoms with E-state index < -0.39 is 0 Å². The molecule has 1 atom stereocenters. The van der Waals surface area contributed by atoms with Crippen LogP contribution in [0.1, 0.15) is 38.2 Å². The van der Waals surface area contributed by atoms with Crippen LogP contribution in [0.2, 0.25) is 0 Å². The third-order valence-electron chi connectivity index (χ3n) is 4.36. The Labute approximate surface area is 127 Å². The summed E-state index contributed by atoms with van der Waals surface area (Å²) in [6.07, 6.45) is 4.07. The summed E-state index contributed by atoms with van der Waals surface area (Å²) < 4.78 is 0. The highest BCUT2D eigenvalue weighted by Crippen LogP contribution is 2.20. The average Bonchev–Trinajstić information content (AvgIpc) is 2.91. The Hall–Kier alpha value is -1.55. The van der Waals surface area contributed by atoms with Crippen LogP contribution in [0, 0.1) is 12.8 Å². The minimum atomic E-state index is 0.0786. The number of aryl methyl sites for hydroxylation is 1. The van der Waals surface area contributed by atoms with E-state index >= 15 is 0 Å². The first kappa shape index (κ1) is 15.8. The van der Waals surface area contributed by atoms with Crippen LogP contribution in [-0.2, 0) is 4.79 Å².